The Labute approximate surface area is 163 Å². The van der Waals surface area contributed by atoms with Crippen LogP contribution in [-0.4, -0.2) is 26.7 Å². The van der Waals surface area contributed by atoms with Gasteiger partial charge in [-0.05, 0) is 35.4 Å². The second-order valence-electron chi connectivity index (χ2n) is 6.35. The highest BCUT2D eigenvalue weighted by molar-refractivity contribution is 5.86. The number of nitrogens with two attached hydrogens (primary N) is 1. The zero-order chi connectivity index (χ0) is 19.9. The van der Waals surface area contributed by atoms with Crippen LogP contribution >= 0.6 is 0 Å². The van der Waals surface area contributed by atoms with Gasteiger partial charge >= 0.3 is 0 Å². The quantitative estimate of drug-likeness (QED) is 0.569. The molecule has 2 aromatic carbocycles. The second-order valence-corrected chi connectivity index (χ2v) is 6.35. The molecule has 1 heterocycles. The Morgan fingerprint density at radius 3 is 2.43 bits per heavy atom. The van der Waals surface area contributed by atoms with Gasteiger partial charge in [0.1, 0.15) is 12.3 Å². The van der Waals surface area contributed by atoms with Gasteiger partial charge in [-0.1, -0.05) is 30.3 Å². The van der Waals surface area contributed by atoms with Crippen LogP contribution in [0.4, 0.5) is 0 Å². The molecule has 1 aromatic heterocycles. The van der Waals surface area contributed by atoms with Crippen molar-refractivity contribution in [3.8, 4) is 22.8 Å². The predicted molar refractivity (Wildman–Crippen MR) is 102 cm³/mol. The minimum Gasteiger partial charge on any atom is -0.545 e. The maximum Gasteiger partial charge on any atom is 0.160 e. The third-order valence-electron chi connectivity index (χ3n) is 4.50. The molecule has 3 rings (SSSR count). The van der Waals surface area contributed by atoms with Crippen molar-refractivity contribution < 1.29 is 29.1 Å². The number of methoxy groups -OCH3 is 2. The Hall–Kier alpha value is -3.25. The van der Waals surface area contributed by atoms with E-state index in [1.807, 2.05) is 30.3 Å². The van der Waals surface area contributed by atoms with Crippen molar-refractivity contribution in [2.24, 2.45) is 0 Å². The highest BCUT2D eigenvalue weighted by Crippen LogP contribution is 2.27. The number of rotatable bonds is 9. The van der Waals surface area contributed by atoms with Crippen LogP contribution in [0, 0.1) is 0 Å². The average molecular weight is 381 g/mol. The van der Waals surface area contributed by atoms with Crippen LogP contribution in [0.15, 0.2) is 59.0 Å². The zero-order valence-electron chi connectivity index (χ0n) is 15.9. The molecule has 0 amide bonds. The summed E-state index contributed by atoms with van der Waals surface area (Å²) in [6, 6.07) is 16.2. The number of furan rings is 1. The number of ether oxygens (including phenoxy) is 2. The van der Waals surface area contributed by atoms with Gasteiger partial charge in [-0.2, -0.15) is 0 Å². The highest BCUT2D eigenvalue weighted by atomic mass is 16.5. The van der Waals surface area contributed by atoms with Crippen LogP contribution < -0.4 is 19.9 Å². The fourth-order valence-corrected chi connectivity index (χ4v) is 2.96. The molecular weight excluding hydrogens is 358 g/mol. The number of carboxylic acid groups (broad SMARTS) is 1. The maximum atomic E-state index is 10.8. The SMILES string of the molecule is COc1ccc(CC[NH2+]Cc2ccc(-c3ccc(C(=O)[O-])cc3)o2)cc1OC. The van der Waals surface area contributed by atoms with Crippen molar-refractivity contribution in [3.63, 3.8) is 0 Å². The molecule has 0 aliphatic rings. The molecule has 6 heteroatoms. The summed E-state index contributed by atoms with van der Waals surface area (Å²) in [5, 5.41) is 13.0. The van der Waals surface area contributed by atoms with Crippen LogP contribution in [0.1, 0.15) is 21.7 Å². The van der Waals surface area contributed by atoms with E-state index in [9.17, 15) is 9.90 Å². The van der Waals surface area contributed by atoms with Crippen molar-refractivity contribution >= 4 is 5.97 Å². The molecular formula is C22H23NO5. The third kappa shape index (κ3) is 4.72. The van der Waals surface area contributed by atoms with Gasteiger partial charge in [0.25, 0.3) is 0 Å². The molecule has 0 fully saturated rings. The summed E-state index contributed by atoms with van der Waals surface area (Å²) in [5.74, 6) is 1.86. The van der Waals surface area contributed by atoms with Crippen molar-refractivity contribution in [2.75, 3.05) is 20.8 Å². The molecule has 0 aliphatic carbocycles. The van der Waals surface area contributed by atoms with E-state index in [-0.39, 0.29) is 5.56 Å². The standard InChI is InChI=1S/C22H23NO5/c1-26-20-9-3-15(13-21(20)27-2)11-12-23-14-18-8-10-19(28-18)16-4-6-17(7-5-16)22(24)25/h3-10,13,23H,11-12,14H2,1-2H3,(H,24,25). The first-order valence-electron chi connectivity index (χ1n) is 9.03. The van der Waals surface area contributed by atoms with Crippen LogP contribution in [0.2, 0.25) is 0 Å². The topological polar surface area (TPSA) is 88.3 Å². The summed E-state index contributed by atoms with van der Waals surface area (Å²) in [5.41, 5.74) is 2.17. The molecule has 0 saturated heterocycles. The van der Waals surface area contributed by atoms with Gasteiger partial charge in [0, 0.05) is 12.0 Å². The van der Waals surface area contributed by atoms with Gasteiger partial charge in [-0.15, -0.1) is 0 Å². The lowest BCUT2D eigenvalue weighted by Gasteiger charge is -2.09. The molecule has 0 unspecified atom stereocenters. The van der Waals surface area contributed by atoms with Gasteiger partial charge in [-0.3, -0.25) is 0 Å². The van der Waals surface area contributed by atoms with E-state index < -0.39 is 5.97 Å². The summed E-state index contributed by atoms with van der Waals surface area (Å²) in [6.07, 6.45) is 0.901. The molecule has 0 atom stereocenters. The summed E-state index contributed by atoms with van der Waals surface area (Å²) in [6.45, 7) is 1.64. The summed E-state index contributed by atoms with van der Waals surface area (Å²) >= 11 is 0. The number of carbonyl (C=O) groups excluding carboxylic acids is 1. The summed E-state index contributed by atoms with van der Waals surface area (Å²) in [7, 11) is 3.26. The summed E-state index contributed by atoms with van der Waals surface area (Å²) in [4.78, 5) is 10.8. The van der Waals surface area contributed by atoms with E-state index in [2.05, 4.69) is 5.32 Å². The minimum absolute atomic E-state index is 0.152. The van der Waals surface area contributed by atoms with Gasteiger partial charge in [0.15, 0.2) is 17.3 Å². The Bertz CT molecular complexity index is 930. The molecule has 0 aliphatic heterocycles. The van der Waals surface area contributed by atoms with Crippen molar-refractivity contribution in [2.45, 2.75) is 13.0 Å². The Morgan fingerprint density at radius 2 is 1.75 bits per heavy atom. The first-order valence-corrected chi connectivity index (χ1v) is 9.03. The lowest BCUT2D eigenvalue weighted by Crippen LogP contribution is -2.83. The van der Waals surface area contributed by atoms with Crippen LogP contribution in [0.5, 0.6) is 11.5 Å². The summed E-state index contributed by atoms with van der Waals surface area (Å²) < 4.78 is 16.4. The van der Waals surface area contributed by atoms with E-state index in [0.717, 1.165) is 42.3 Å². The molecule has 0 saturated carbocycles. The number of carbonyl (C=O) groups is 1. The molecule has 0 spiro atoms. The Kier molecular flexibility index (Phi) is 6.34. The number of aromatic carboxylic acids is 1. The number of quaternary nitrogens is 1. The van der Waals surface area contributed by atoms with Crippen molar-refractivity contribution in [1.82, 2.24) is 0 Å². The van der Waals surface area contributed by atoms with Gasteiger partial charge in [-0.25, -0.2) is 0 Å². The second kappa shape index (κ2) is 9.10. The Morgan fingerprint density at radius 1 is 1.00 bits per heavy atom. The Balaban J connectivity index is 1.51. The molecule has 28 heavy (non-hydrogen) atoms. The number of hydrogen-bond donors (Lipinski definition) is 1. The van der Waals surface area contributed by atoms with Crippen LogP contribution in [0.25, 0.3) is 11.3 Å². The monoisotopic (exact) mass is 381 g/mol. The van der Waals surface area contributed by atoms with E-state index in [4.69, 9.17) is 13.9 Å². The zero-order valence-corrected chi connectivity index (χ0v) is 15.9. The van der Waals surface area contributed by atoms with E-state index in [1.165, 1.54) is 17.7 Å². The van der Waals surface area contributed by atoms with Crippen LogP contribution in [-0.2, 0) is 13.0 Å². The third-order valence-corrected chi connectivity index (χ3v) is 4.50. The average Bonchev–Trinajstić information content (AvgIpc) is 3.20. The van der Waals surface area contributed by atoms with Crippen molar-refractivity contribution in [1.29, 1.82) is 0 Å². The number of benzene rings is 2. The molecule has 0 radical (unpaired) electrons. The van der Waals surface area contributed by atoms with Crippen molar-refractivity contribution in [3.05, 3.63) is 71.5 Å². The van der Waals surface area contributed by atoms with Crippen LogP contribution in [0.3, 0.4) is 0 Å². The fraction of sp³-hybridized carbons (Fsp3) is 0.227. The van der Waals surface area contributed by atoms with Gasteiger partial charge in [0.2, 0.25) is 0 Å². The predicted octanol–water partition coefficient (Wildman–Crippen LogP) is 1.63. The fourth-order valence-electron chi connectivity index (χ4n) is 2.96. The highest BCUT2D eigenvalue weighted by Gasteiger charge is 2.08. The van der Waals surface area contributed by atoms with E-state index in [0.29, 0.717) is 5.76 Å². The lowest BCUT2D eigenvalue weighted by atomic mass is 10.1. The molecule has 3 aromatic rings. The van der Waals surface area contributed by atoms with E-state index in [1.54, 1.807) is 26.4 Å². The first-order chi connectivity index (χ1) is 13.6. The first kappa shape index (κ1) is 19.5. The minimum atomic E-state index is -1.18. The smallest absolute Gasteiger partial charge is 0.160 e. The lowest BCUT2D eigenvalue weighted by molar-refractivity contribution is -0.671. The normalized spacial score (nSPS) is 10.6. The molecule has 0 bridgehead atoms. The molecule has 6 nitrogen and oxygen atoms in total. The van der Waals surface area contributed by atoms with E-state index >= 15 is 0 Å². The molecule has 2 N–H and O–H groups in total. The maximum absolute atomic E-state index is 10.8. The largest absolute Gasteiger partial charge is 0.545 e. The number of carboxylic acids is 1. The molecule has 146 valence electrons. The van der Waals surface area contributed by atoms with Gasteiger partial charge in [0.05, 0.1) is 26.7 Å². The number of hydrogen-bond acceptors (Lipinski definition) is 5. The van der Waals surface area contributed by atoms with Gasteiger partial charge < -0.3 is 29.1 Å².